The first kappa shape index (κ1) is 47.8. The first-order valence-corrected chi connectivity index (χ1v) is 20.4. The molecule has 8 nitrogen and oxygen atoms in total. The van der Waals surface area contributed by atoms with E-state index < -0.39 is 18.1 Å². The highest BCUT2D eigenvalue weighted by Gasteiger charge is 2.25. The number of carboxylic acid groups (broad SMARTS) is 1. The lowest BCUT2D eigenvalue weighted by molar-refractivity contribution is -0.889. The van der Waals surface area contributed by atoms with E-state index in [0.29, 0.717) is 12.8 Å². The van der Waals surface area contributed by atoms with Crippen molar-refractivity contribution in [3.8, 4) is 0 Å². The first-order valence-electron chi connectivity index (χ1n) is 20.4. The Labute approximate surface area is 307 Å². The van der Waals surface area contributed by atoms with Crippen LogP contribution in [0.15, 0.2) is 24.3 Å². The topological polar surface area (TPSA) is 102 Å². The molecule has 0 aliphatic rings. The van der Waals surface area contributed by atoms with Gasteiger partial charge in [-0.15, -0.1) is 0 Å². The summed E-state index contributed by atoms with van der Waals surface area (Å²) in [4.78, 5) is 36.7. The van der Waals surface area contributed by atoms with Gasteiger partial charge in [0.15, 0.2) is 6.10 Å². The third kappa shape index (κ3) is 31.8. The SMILES string of the molecule is CCCCC/C=C/C=C/CCCCCCCCC(=O)OC(COCCC(C(=O)[O-])[N+](C)(C)C)COC(=O)CCCCCCCCCCCCC. The Kier molecular flexibility index (Phi) is 32.4. The number of allylic oxidation sites excluding steroid dienone is 4. The molecule has 0 N–H and O–H groups in total. The van der Waals surface area contributed by atoms with E-state index in [4.69, 9.17) is 14.2 Å². The summed E-state index contributed by atoms with van der Waals surface area (Å²) >= 11 is 0. The van der Waals surface area contributed by atoms with Gasteiger partial charge in [0, 0.05) is 19.3 Å². The summed E-state index contributed by atoms with van der Waals surface area (Å²) in [6.45, 7) is 4.61. The molecule has 0 spiro atoms. The number of nitrogens with zero attached hydrogens (tertiary/aromatic N) is 1. The van der Waals surface area contributed by atoms with Gasteiger partial charge in [-0.05, 0) is 38.5 Å². The van der Waals surface area contributed by atoms with Crippen LogP contribution in [0.3, 0.4) is 0 Å². The van der Waals surface area contributed by atoms with E-state index in [9.17, 15) is 19.5 Å². The van der Waals surface area contributed by atoms with E-state index in [1.165, 1.54) is 83.5 Å². The molecule has 0 aliphatic carbocycles. The molecular formula is C42H77NO7. The average molecular weight is 708 g/mol. The molecule has 0 aromatic carbocycles. The van der Waals surface area contributed by atoms with Crippen LogP contribution in [0.1, 0.15) is 174 Å². The Bertz CT molecular complexity index is 880. The van der Waals surface area contributed by atoms with Gasteiger partial charge in [0.25, 0.3) is 0 Å². The normalized spacial score (nSPS) is 13.2. The van der Waals surface area contributed by atoms with Crippen molar-refractivity contribution >= 4 is 17.9 Å². The Hall–Kier alpha value is -2.19. The second-order valence-corrected chi connectivity index (χ2v) is 14.9. The third-order valence-electron chi connectivity index (χ3n) is 9.12. The quantitative estimate of drug-likeness (QED) is 0.0277. The average Bonchev–Trinajstić information content (AvgIpc) is 3.06. The van der Waals surface area contributed by atoms with Gasteiger partial charge in [0.2, 0.25) is 0 Å². The summed E-state index contributed by atoms with van der Waals surface area (Å²) in [6.07, 6.45) is 34.8. The standard InChI is InChI=1S/C42H77NO7/c1-6-8-10-12-14-16-18-19-20-21-23-25-27-29-31-33-41(45)50-38(36-48-35-34-39(42(46)47)43(3,4)5)37-49-40(44)32-30-28-26-24-22-17-15-13-11-9-7-2/h14,16,18-19,38-39H,6-13,15,17,20-37H2,1-5H3/b16-14+,19-18+. The van der Waals surface area contributed by atoms with Crippen molar-refractivity contribution < 1.29 is 38.2 Å². The van der Waals surface area contributed by atoms with Crippen molar-refractivity contribution in [3.05, 3.63) is 24.3 Å². The number of carboxylic acids is 1. The number of likely N-dealkylation sites (N-methyl/N-ethyl adjacent to an activating group) is 1. The number of carbonyl (C=O) groups excluding carboxylic acids is 3. The highest BCUT2D eigenvalue weighted by atomic mass is 16.6. The van der Waals surface area contributed by atoms with Crippen LogP contribution in [0.2, 0.25) is 0 Å². The van der Waals surface area contributed by atoms with E-state index >= 15 is 0 Å². The molecule has 0 saturated carbocycles. The van der Waals surface area contributed by atoms with Crippen molar-refractivity contribution in [1.82, 2.24) is 0 Å². The first-order chi connectivity index (χ1) is 24.1. The maximum atomic E-state index is 12.7. The minimum atomic E-state index is -1.13. The molecule has 8 heteroatoms. The summed E-state index contributed by atoms with van der Waals surface area (Å²) in [5.41, 5.74) is 0. The third-order valence-corrected chi connectivity index (χ3v) is 9.12. The Morgan fingerprint density at radius 3 is 1.54 bits per heavy atom. The molecule has 0 aromatic heterocycles. The lowest BCUT2D eigenvalue weighted by Gasteiger charge is -2.34. The number of rotatable bonds is 36. The number of esters is 2. The highest BCUT2D eigenvalue weighted by molar-refractivity contribution is 5.70. The molecule has 0 saturated heterocycles. The fourth-order valence-corrected chi connectivity index (χ4v) is 5.88. The molecule has 0 amide bonds. The summed E-state index contributed by atoms with van der Waals surface area (Å²) in [5.74, 6) is -1.75. The molecule has 0 aliphatic heterocycles. The zero-order chi connectivity index (χ0) is 37.1. The molecule has 2 unspecified atom stereocenters. The number of hydrogen-bond acceptors (Lipinski definition) is 7. The summed E-state index contributed by atoms with van der Waals surface area (Å²) in [6, 6.07) is -0.724. The monoisotopic (exact) mass is 708 g/mol. The Morgan fingerprint density at radius 1 is 0.600 bits per heavy atom. The highest BCUT2D eigenvalue weighted by Crippen LogP contribution is 2.14. The Morgan fingerprint density at radius 2 is 1.04 bits per heavy atom. The van der Waals surface area contributed by atoms with Crippen molar-refractivity contribution in [2.75, 3.05) is 41.0 Å². The minimum absolute atomic E-state index is 0.0392. The Balaban J connectivity index is 4.40. The van der Waals surface area contributed by atoms with Crippen LogP contribution >= 0.6 is 0 Å². The molecule has 0 fully saturated rings. The van der Waals surface area contributed by atoms with Gasteiger partial charge >= 0.3 is 11.9 Å². The molecule has 0 rings (SSSR count). The predicted octanol–water partition coefficient (Wildman–Crippen LogP) is 9.19. The zero-order valence-electron chi connectivity index (χ0n) is 33.1. The predicted molar refractivity (Wildman–Crippen MR) is 204 cm³/mol. The van der Waals surface area contributed by atoms with Crippen LogP contribution < -0.4 is 5.11 Å². The number of unbranched alkanes of at least 4 members (excludes halogenated alkanes) is 19. The van der Waals surface area contributed by atoms with Crippen molar-refractivity contribution in [2.45, 2.75) is 187 Å². The lowest BCUT2D eigenvalue weighted by atomic mass is 10.1. The second-order valence-electron chi connectivity index (χ2n) is 14.9. The van der Waals surface area contributed by atoms with Crippen LogP contribution in [-0.4, -0.2) is 75.5 Å². The molecule has 0 aromatic rings. The van der Waals surface area contributed by atoms with Gasteiger partial charge in [0.1, 0.15) is 12.6 Å². The van der Waals surface area contributed by atoms with E-state index in [2.05, 4.69) is 38.2 Å². The van der Waals surface area contributed by atoms with E-state index in [0.717, 1.165) is 57.8 Å². The lowest BCUT2D eigenvalue weighted by Crippen LogP contribution is -2.55. The number of quaternary nitrogens is 1. The van der Waals surface area contributed by atoms with Crippen LogP contribution in [-0.2, 0) is 28.6 Å². The van der Waals surface area contributed by atoms with Gasteiger partial charge in [-0.3, -0.25) is 9.59 Å². The van der Waals surface area contributed by atoms with Gasteiger partial charge in [0.05, 0.1) is 40.3 Å². The van der Waals surface area contributed by atoms with Crippen molar-refractivity contribution in [1.29, 1.82) is 0 Å². The van der Waals surface area contributed by atoms with Gasteiger partial charge in [-0.25, -0.2) is 0 Å². The summed E-state index contributed by atoms with van der Waals surface area (Å²) in [7, 11) is 5.40. The fraction of sp³-hybridized carbons (Fsp3) is 0.833. The number of hydrogen-bond donors (Lipinski definition) is 0. The molecule has 50 heavy (non-hydrogen) atoms. The van der Waals surface area contributed by atoms with E-state index in [-0.39, 0.29) is 42.7 Å². The van der Waals surface area contributed by atoms with Gasteiger partial charge < -0.3 is 28.6 Å². The van der Waals surface area contributed by atoms with E-state index in [1.54, 1.807) is 21.1 Å². The van der Waals surface area contributed by atoms with E-state index in [1.807, 2.05) is 0 Å². The van der Waals surface area contributed by atoms with Crippen LogP contribution in [0, 0.1) is 0 Å². The molecule has 292 valence electrons. The van der Waals surface area contributed by atoms with Crippen LogP contribution in [0.4, 0.5) is 0 Å². The number of carbonyl (C=O) groups is 3. The maximum absolute atomic E-state index is 12.7. The summed E-state index contributed by atoms with van der Waals surface area (Å²) in [5, 5.41) is 11.6. The van der Waals surface area contributed by atoms with Gasteiger partial charge in [-0.1, -0.05) is 141 Å². The molecule has 2 atom stereocenters. The smallest absolute Gasteiger partial charge is 0.306 e. The number of ether oxygens (including phenoxy) is 3. The largest absolute Gasteiger partial charge is 0.544 e. The second kappa shape index (κ2) is 33.9. The van der Waals surface area contributed by atoms with Crippen LogP contribution in [0.5, 0.6) is 0 Å². The summed E-state index contributed by atoms with van der Waals surface area (Å²) < 4.78 is 17.1. The molecule has 0 radical (unpaired) electrons. The minimum Gasteiger partial charge on any atom is -0.544 e. The number of aliphatic carboxylic acids is 1. The van der Waals surface area contributed by atoms with Crippen molar-refractivity contribution in [3.63, 3.8) is 0 Å². The fourth-order valence-electron chi connectivity index (χ4n) is 5.88. The zero-order valence-corrected chi connectivity index (χ0v) is 33.1. The van der Waals surface area contributed by atoms with Crippen molar-refractivity contribution in [2.24, 2.45) is 0 Å². The molecule has 0 heterocycles. The van der Waals surface area contributed by atoms with Crippen LogP contribution in [0.25, 0.3) is 0 Å². The maximum Gasteiger partial charge on any atom is 0.306 e. The van der Waals surface area contributed by atoms with Gasteiger partial charge in [-0.2, -0.15) is 0 Å². The molecular weight excluding hydrogens is 630 g/mol. The molecule has 0 bridgehead atoms.